The summed E-state index contributed by atoms with van der Waals surface area (Å²) in [5.74, 6) is -3.84. The minimum atomic E-state index is -1.21. The first-order valence-corrected chi connectivity index (χ1v) is 7.01. The van der Waals surface area contributed by atoms with Crippen molar-refractivity contribution in [3.63, 3.8) is 0 Å². The van der Waals surface area contributed by atoms with Gasteiger partial charge >= 0.3 is 5.97 Å². The van der Waals surface area contributed by atoms with Crippen molar-refractivity contribution < 1.29 is 23.1 Å². The first-order valence-electron chi connectivity index (χ1n) is 7.01. The summed E-state index contributed by atoms with van der Waals surface area (Å²) in [6.07, 6.45) is 2.37. The minimum Gasteiger partial charge on any atom is -0.481 e. The normalized spacial score (nSPS) is 28.8. The topological polar surface area (TPSA) is 40.5 Å². The zero-order chi connectivity index (χ0) is 15.2. The fourth-order valence-electron chi connectivity index (χ4n) is 3.79. The molecule has 1 heterocycles. The number of rotatable bonds is 3. The second-order valence-corrected chi connectivity index (χ2v) is 6.08. The highest BCUT2D eigenvalue weighted by atomic mass is 19.2. The lowest BCUT2D eigenvalue weighted by molar-refractivity contribution is -0.149. The molecule has 2 atom stereocenters. The fourth-order valence-corrected chi connectivity index (χ4v) is 3.79. The van der Waals surface area contributed by atoms with Gasteiger partial charge in [0.15, 0.2) is 11.6 Å². The second kappa shape index (κ2) is 5.02. The van der Waals surface area contributed by atoms with E-state index in [1.807, 2.05) is 4.90 Å². The van der Waals surface area contributed by atoms with Gasteiger partial charge < -0.3 is 5.11 Å². The standard InChI is InChI=1S/C15H16F3NO2/c16-11-5-13(18)12(17)4-9(11)6-19-7-10-2-1-3-15(10,8-19)14(20)21/h4-5,10H,1-3,6-8H2,(H,20,21)/t10-,15+/m0/s1. The van der Waals surface area contributed by atoms with Crippen LogP contribution >= 0.6 is 0 Å². The van der Waals surface area contributed by atoms with E-state index in [2.05, 4.69) is 0 Å². The van der Waals surface area contributed by atoms with Crippen LogP contribution in [0.2, 0.25) is 0 Å². The van der Waals surface area contributed by atoms with Gasteiger partial charge in [-0.1, -0.05) is 6.42 Å². The quantitative estimate of drug-likeness (QED) is 0.873. The van der Waals surface area contributed by atoms with Gasteiger partial charge in [-0.3, -0.25) is 9.69 Å². The number of likely N-dealkylation sites (tertiary alicyclic amines) is 1. The van der Waals surface area contributed by atoms with Crippen LogP contribution in [0.3, 0.4) is 0 Å². The molecule has 1 aromatic rings. The van der Waals surface area contributed by atoms with Crippen molar-refractivity contribution >= 4 is 5.97 Å². The maximum absolute atomic E-state index is 13.7. The first-order chi connectivity index (χ1) is 9.92. The largest absolute Gasteiger partial charge is 0.481 e. The third-order valence-corrected chi connectivity index (χ3v) is 4.85. The van der Waals surface area contributed by atoms with Gasteiger partial charge in [0.1, 0.15) is 5.82 Å². The second-order valence-electron chi connectivity index (χ2n) is 6.08. The molecule has 21 heavy (non-hydrogen) atoms. The maximum atomic E-state index is 13.7. The lowest BCUT2D eigenvalue weighted by Crippen LogP contribution is -2.35. The summed E-state index contributed by atoms with van der Waals surface area (Å²) in [5.41, 5.74) is -0.691. The summed E-state index contributed by atoms with van der Waals surface area (Å²) in [7, 11) is 0. The van der Waals surface area contributed by atoms with Crippen LogP contribution < -0.4 is 0 Å². The Kier molecular flexibility index (Phi) is 3.43. The lowest BCUT2D eigenvalue weighted by atomic mass is 9.81. The van der Waals surface area contributed by atoms with Gasteiger partial charge in [0.05, 0.1) is 5.41 Å². The van der Waals surface area contributed by atoms with Gasteiger partial charge in [-0.15, -0.1) is 0 Å². The molecule has 1 N–H and O–H groups in total. The van der Waals surface area contributed by atoms with Crippen LogP contribution in [0.15, 0.2) is 12.1 Å². The van der Waals surface area contributed by atoms with Crippen LogP contribution in [0.1, 0.15) is 24.8 Å². The van der Waals surface area contributed by atoms with Gasteiger partial charge in [-0.25, -0.2) is 13.2 Å². The number of hydrogen-bond donors (Lipinski definition) is 1. The molecule has 3 rings (SSSR count). The van der Waals surface area contributed by atoms with Crippen LogP contribution in [0.4, 0.5) is 13.2 Å². The van der Waals surface area contributed by atoms with Gasteiger partial charge in [-0.2, -0.15) is 0 Å². The Balaban J connectivity index is 1.79. The number of fused-ring (bicyclic) bond motifs is 1. The molecule has 0 unspecified atom stereocenters. The molecule has 0 radical (unpaired) electrons. The molecule has 0 amide bonds. The molecule has 0 aromatic heterocycles. The van der Waals surface area contributed by atoms with E-state index in [1.165, 1.54) is 0 Å². The van der Waals surface area contributed by atoms with E-state index in [0.29, 0.717) is 25.6 Å². The summed E-state index contributed by atoms with van der Waals surface area (Å²) >= 11 is 0. The van der Waals surface area contributed by atoms with E-state index in [0.717, 1.165) is 18.9 Å². The predicted octanol–water partition coefficient (Wildman–Crippen LogP) is 2.79. The fraction of sp³-hybridized carbons (Fsp3) is 0.533. The highest BCUT2D eigenvalue weighted by Crippen LogP contribution is 2.49. The number of carboxylic acids is 1. The molecule has 1 aliphatic carbocycles. The van der Waals surface area contributed by atoms with E-state index in [9.17, 15) is 23.1 Å². The molecule has 1 aliphatic heterocycles. The Bertz CT molecular complexity index is 593. The number of aliphatic carboxylic acids is 1. The smallest absolute Gasteiger partial charge is 0.311 e. The van der Waals surface area contributed by atoms with E-state index < -0.39 is 28.8 Å². The average Bonchev–Trinajstić information content (AvgIpc) is 2.93. The summed E-state index contributed by atoms with van der Waals surface area (Å²) in [6.45, 7) is 1.00. The van der Waals surface area contributed by atoms with Gasteiger partial charge in [0, 0.05) is 31.3 Å². The third kappa shape index (κ3) is 2.31. The lowest BCUT2D eigenvalue weighted by Gasteiger charge is -2.23. The molecule has 0 bridgehead atoms. The van der Waals surface area contributed by atoms with Gasteiger partial charge in [-0.05, 0) is 24.8 Å². The minimum absolute atomic E-state index is 0.0587. The predicted molar refractivity (Wildman–Crippen MR) is 69.0 cm³/mol. The zero-order valence-electron chi connectivity index (χ0n) is 11.4. The Morgan fingerprint density at radius 1 is 1.29 bits per heavy atom. The highest BCUT2D eigenvalue weighted by Gasteiger charge is 2.54. The van der Waals surface area contributed by atoms with Gasteiger partial charge in [0.25, 0.3) is 0 Å². The van der Waals surface area contributed by atoms with Crippen molar-refractivity contribution in [3.05, 3.63) is 35.1 Å². The Hall–Kier alpha value is -1.56. The van der Waals surface area contributed by atoms with Crippen molar-refractivity contribution in [2.45, 2.75) is 25.8 Å². The van der Waals surface area contributed by atoms with Crippen LogP contribution in [-0.2, 0) is 11.3 Å². The molecule has 2 fully saturated rings. The van der Waals surface area contributed by atoms with E-state index in [1.54, 1.807) is 0 Å². The molecule has 2 aliphatic rings. The number of carbonyl (C=O) groups is 1. The van der Waals surface area contributed by atoms with Crippen molar-refractivity contribution in [2.75, 3.05) is 13.1 Å². The number of carboxylic acid groups (broad SMARTS) is 1. The van der Waals surface area contributed by atoms with Crippen LogP contribution in [0, 0.1) is 28.8 Å². The molecule has 0 spiro atoms. The summed E-state index contributed by atoms with van der Waals surface area (Å²) in [6, 6.07) is 1.39. The van der Waals surface area contributed by atoms with E-state index >= 15 is 0 Å². The summed E-state index contributed by atoms with van der Waals surface area (Å²) in [5, 5.41) is 9.48. The average molecular weight is 299 g/mol. The van der Waals surface area contributed by atoms with E-state index in [-0.39, 0.29) is 18.0 Å². The number of hydrogen-bond acceptors (Lipinski definition) is 2. The summed E-state index contributed by atoms with van der Waals surface area (Å²) < 4.78 is 39.8. The van der Waals surface area contributed by atoms with Gasteiger partial charge in [0.2, 0.25) is 0 Å². The highest BCUT2D eigenvalue weighted by molar-refractivity contribution is 5.76. The Labute approximate surface area is 120 Å². The van der Waals surface area contributed by atoms with Crippen molar-refractivity contribution in [2.24, 2.45) is 11.3 Å². The molecule has 6 heteroatoms. The molecule has 1 saturated carbocycles. The van der Waals surface area contributed by atoms with E-state index in [4.69, 9.17) is 0 Å². The van der Waals surface area contributed by atoms with Crippen LogP contribution in [-0.4, -0.2) is 29.1 Å². The summed E-state index contributed by atoms with van der Waals surface area (Å²) in [4.78, 5) is 13.4. The van der Waals surface area contributed by atoms with Crippen molar-refractivity contribution in [1.29, 1.82) is 0 Å². The molecular formula is C15H16F3NO2. The molecular weight excluding hydrogens is 283 g/mol. The molecule has 1 saturated heterocycles. The number of halogens is 3. The number of nitrogens with zero attached hydrogens (tertiary/aromatic N) is 1. The van der Waals surface area contributed by atoms with Crippen molar-refractivity contribution in [1.82, 2.24) is 4.90 Å². The molecule has 3 nitrogen and oxygen atoms in total. The maximum Gasteiger partial charge on any atom is 0.311 e. The van der Waals surface area contributed by atoms with Crippen LogP contribution in [0.5, 0.6) is 0 Å². The Morgan fingerprint density at radius 3 is 2.67 bits per heavy atom. The molecule has 114 valence electrons. The zero-order valence-corrected chi connectivity index (χ0v) is 11.4. The van der Waals surface area contributed by atoms with Crippen molar-refractivity contribution in [3.8, 4) is 0 Å². The SMILES string of the molecule is O=C(O)[C@@]12CCC[C@H]1CN(Cc1cc(F)c(F)cc1F)C2. The Morgan fingerprint density at radius 2 is 2.00 bits per heavy atom. The third-order valence-electron chi connectivity index (χ3n) is 4.85. The first kappa shape index (κ1) is 14.4. The monoisotopic (exact) mass is 299 g/mol. The molecule has 1 aromatic carbocycles. The number of benzene rings is 1. The van der Waals surface area contributed by atoms with Crippen LogP contribution in [0.25, 0.3) is 0 Å².